The molecular weight excluding hydrogens is 698 g/mol. The summed E-state index contributed by atoms with van der Waals surface area (Å²) in [5.41, 5.74) is 11.2. The lowest BCUT2D eigenvalue weighted by Gasteiger charge is -2.12. The molecule has 0 bridgehead atoms. The molecular formula is C30H25BrF6N8O2. The molecule has 0 aliphatic heterocycles. The Labute approximate surface area is 271 Å². The van der Waals surface area contributed by atoms with Crippen molar-refractivity contribution in [1.82, 2.24) is 0 Å². The second kappa shape index (κ2) is 15.1. The first-order valence-corrected chi connectivity index (χ1v) is 13.8. The number of carbonyl (C=O) groups is 2. The molecule has 0 saturated carbocycles. The minimum atomic E-state index is -4.46. The highest BCUT2D eigenvalue weighted by atomic mass is 79.9. The Kier molecular flexibility index (Phi) is 11.6. The van der Waals surface area contributed by atoms with E-state index in [0.29, 0.717) is 22.5 Å². The van der Waals surface area contributed by atoms with E-state index in [4.69, 9.17) is 22.3 Å². The van der Waals surface area contributed by atoms with Gasteiger partial charge in [0.25, 0.3) is 0 Å². The number of nitrogens with two attached hydrogens (primary N) is 2. The Hall–Kier alpha value is -5.58. The fourth-order valence-electron chi connectivity index (χ4n) is 3.64. The van der Waals surface area contributed by atoms with Gasteiger partial charge in [-0.15, -0.1) is 0 Å². The van der Waals surface area contributed by atoms with Gasteiger partial charge >= 0.3 is 24.4 Å². The Morgan fingerprint density at radius 2 is 1.00 bits per heavy atom. The SMILES string of the molecule is N=C(N)c1cccc(NC(=O)Nc2ccc(C(F)(F)F)cc2)c1.N=C(N)c1cccc(NC(=O)Nc2ccc(C(F)(F)F)cc2Br)c1. The normalized spacial score (nSPS) is 11.0. The van der Waals surface area contributed by atoms with E-state index in [0.717, 1.165) is 42.5 Å². The molecule has 4 aromatic rings. The molecule has 0 aromatic heterocycles. The Bertz CT molecular complexity index is 1780. The number of alkyl halides is 6. The van der Waals surface area contributed by atoms with Crippen molar-refractivity contribution in [3.05, 3.63) is 118 Å². The first kappa shape index (κ1) is 35.9. The molecule has 47 heavy (non-hydrogen) atoms. The molecule has 17 heteroatoms. The number of halogens is 7. The van der Waals surface area contributed by atoms with Crippen LogP contribution in [0, 0.1) is 10.8 Å². The second-order valence-corrected chi connectivity index (χ2v) is 10.3. The summed E-state index contributed by atoms with van der Waals surface area (Å²) in [6.45, 7) is 0. The van der Waals surface area contributed by atoms with Crippen LogP contribution in [0.5, 0.6) is 0 Å². The fraction of sp³-hybridized carbons (Fsp3) is 0.0667. The minimum absolute atomic E-state index is 0.102. The zero-order valence-electron chi connectivity index (χ0n) is 23.8. The number of hydrogen-bond acceptors (Lipinski definition) is 4. The summed E-state index contributed by atoms with van der Waals surface area (Å²) in [6.07, 6.45) is -8.88. The minimum Gasteiger partial charge on any atom is -0.384 e. The number of urea groups is 2. The molecule has 10 nitrogen and oxygen atoms in total. The van der Waals surface area contributed by atoms with Crippen LogP contribution in [0.15, 0.2) is 95.5 Å². The standard InChI is InChI=1S/C15H12BrF3N4O.C15H13F3N4O/c16-11-7-9(15(17,18)19)4-5-12(11)23-14(24)22-10-3-1-2-8(6-10)13(20)21;16-15(17,18)10-4-6-11(7-5-10)21-14(23)22-12-3-1-2-9(8-12)13(19)20/h1-7H,(H3,20,21)(H2,22,23,24);1-8H,(H3,19,20)(H2,21,22,23). The van der Waals surface area contributed by atoms with E-state index in [1.165, 1.54) is 12.1 Å². The maximum Gasteiger partial charge on any atom is 0.416 e. The number of anilines is 4. The number of carbonyl (C=O) groups excluding carboxylic acids is 2. The highest BCUT2D eigenvalue weighted by Crippen LogP contribution is 2.34. The summed E-state index contributed by atoms with van der Waals surface area (Å²) < 4.78 is 75.3. The molecule has 0 heterocycles. The van der Waals surface area contributed by atoms with Crippen molar-refractivity contribution < 1.29 is 35.9 Å². The third-order valence-corrected chi connectivity index (χ3v) is 6.53. The summed E-state index contributed by atoms with van der Waals surface area (Å²) in [4.78, 5) is 23.8. The van der Waals surface area contributed by atoms with Gasteiger partial charge in [0, 0.05) is 32.7 Å². The number of rotatable bonds is 6. The Morgan fingerprint density at radius 3 is 1.43 bits per heavy atom. The number of hydrogen-bond donors (Lipinski definition) is 8. The van der Waals surface area contributed by atoms with Gasteiger partial charge in [-0.3, -0.25) is 10.8 Å². The van der Waals surface area contributed by atoms with Crippen LogP contribution in [0.25, 0.3) is 0 Å². The molecule has 0 radical (unpaired) electrons. The van der Waals surface area contributed by atoms with E-state index < -0.39 is 35.5 Å². The van der Waals surface area contributed by atoms with Crippen molar-refractivity contribution in [2.45, 2.75) is 12.4 Å². The summed E-state index contributed by atoms with van der Waals surface area (Å²) in [5, 5.41) is 24.5. The maximum atomic E-state index is 12.6. The number of benzene rings is 4. The van der Waals surface area contributed by atoms with Crippen molar-refractivity contribution in [3.8, 4) is 0 Å². The highest BCUT2D eigenvalue weighted by Gasteiger charge is 2.31. The largest absolute Gasteiger partial charge is 0.416 e. The van der Waals surface area contributed by atoms with Crippen LogP contribution in [-0.4, -0.2) is 23.7 Å². The van der Waals surface area contributed by atoms with Crippen LogP contribution >= 0.6 is 15.9 Å². The molecule has 10 N–H and O–H groups in total. The lowest BCUT2D eigenvalue weighted by molar-refractivity contribution is -0.138. The zero-order chi connectivity index (χ0) is 34.9. The maximum absolute atomic E-state index is 12.6. The van der Waals surface area contributed by atoms with E-state index in [2.05, 4.69) is 37.2 Å². The summed E-state index contributed by atoms with van der Waals surface area (Å²) >= 11 is 3.00. The Balaban J connectivity index is 0.000000256. The average Bonchev–Trinajstić information content (AvgIpc) is 2.98. The molecule has 0 saturated heterocycles. The third kappa shape index (κ3) is 11.1. The van der Waals surface area contributed by atoms with Crippen LogP contribution in [0.4, 0.5) is 58.7 Å². The lowest BCUT2D eigenvalue weighted by Crippen LogP contribution is -2.20. The number of nitrogens with one attached hydrogen (secondary N) is 6. The van der Waals surface area contributed by atoms with Crippen molar-refractivity contribution in [1.29, 1.82) is 10.8 Å². The predicted molar refractivity (Wildman–Crippen MR) is 171 cm³/mol. The fourth-order valence-corrected chi connectivity index (χ4v) is 4.12. The van der Waals surface area contributed by atoms with Gasteiger partial charge in [-0.25, -0.2) is 9.59 Å². The van der Waals surface area contributed by atoms with Crippen LogP contribution in [-0.2, 0) is 12.4 Å². The van der Waals surface area contributed by atoms with Gasteiger partial charge in [-0.1, -0.05) is 24.3 Å². The molecule has 0 aliphatic carbocycles. The molecule has 0 fully saturated rings. The van der Waals surface area contributed by atoms with E-state index in [-0.39, 0.29) is 27.5 Å². The van der Waals surface area contributed by atoms with Crippen LogP contribution in [0.3, 0.4) is 0 Å². The molecule has 0 unspecified atom stereocenters. The second-order valence-electron chi connectivity index (χ2n) is 9.41. The van der Waals surface area contributed by atoms with Crippen molar-refractivity contribution in [3.63, 3.8) is 0 Å². The first-order chi connectivity index (χ1) is 21.9. The van der Waals surface area contributed by atoms with Gasteiger partial charge in [-0.2, -0.15) is 26.3 Å². The number of amidine groups is 2. The van der Waals surface area contributed by atoms with Gasteiger partial charge in [0.05, 0.1) is 16.8 Å². The highest BCUT2D eigenvalue weighted by molar-refractivity contribution is 9.10. The molecule has 0 aliphatic rings. The van der Waals surface area contributed by atoms with Crippen LogP contribution < -0.4 is 32.7 Å². The van der Waals surface area contributed by atoms with E-state index in [9.17, 15) is 35.9 Å². The summed E-state index contributed by atoms with van der Waals surface area (Å²) in [7, 11) is 0. The summed E-state index contributed by atoms with van der Waals surface area (Å²) in [6, 6.07) is 18.4. The monoisotopic (exact) mass is 722 g/mol. The van der Waals surface area contributed by atoms with Gasteiger partial charge in [0.2, 0.25) is 0 Å². The first-order valence-electron chi connectivity index (χ1n) is 13.0. The zero-order valence-corrected chi connectivity index (χ0v) is 25.4. The number of nitrogen functional groups attached to an aromatic ring is 2. The van der Waals surface area contributed by atoms with Crippen molar-refractivity contribution in [2.24, 2.45) is 11.5 Å². The third-order valence-electron chi connectivity index (χ3n) is 5.88. The average molecular weight is 723 g/mol. The van der Waals surface area contributed by atoms with E-state index >= 15 is 0 Å². The molecule has 4 rings (SSSR count). The van der Waals surface area contributed by atoms with Gasteiger partial charge in [0.15, 0.2) is 0 Å². The predicted octanol–water partition coefficient (Wildman–Crippen LogP) is 8.03. The quantitative estimate of drug-likeness (QED) is 0.0570. The molecule has 0 atom stereocenters. The van der Waals surface area contributed by atoms with E-state index in [1.807, 2.05) is 0 Å². The van der Waals surface area contributed by atoms with Gasteiger partial charge in [0.1, 0.15) is 11.7 Å². The molecule has 4 amide bonds. The topological polar surface area (TPSA) is 182 Å². The lowest BCUT2D eigenvalue weighted by atomic mass is 10.2. The van der Waals surface area contributed by atoms with Crippen LogP contribution in [0.2, 0.25) is 0 Å². The van der Waals surface area contributed by atoms with E-state index in [1.54, 1.807) is 36.4 Å². The van der Waals surface area contributed by atoms with Gasteiger partial charge < -0.3 is 32.7 Å². The van der Waals surface area contributed by atoms with Gasteiger partial charge in [-0.05, 0) is 82.7 Å². The number of amides is 4. The van der Waals surface area contributed by atoms with Crippen LogP contribution in [0.1, 0.15) is 22.3 Å². The molecule has 4 aromatic carbocycles. The Morgan fingerprint density at radius 1 is 0.574 bits per heavy atom. The molecule has 0 spiro atoms. The molecule has 246 valence electrons. The van der Waals surface area contributed by atoms with Crippen molar-refractivity contribution >= 4 is 62.4 Å². The van der Waals surface area contributed by atoms with Crippen molar-refractivity contribution in [2.75, 3.05) is 21.3 Å². The summed E-state index contributed by atoms with van der Waals surface area (Å²) in [5.74, 6) is -0.290. The smallest absolute Gasteiger partial charge is 0.384 e.